The lowest BCUT2D eigenvalue weighted by Crippen LogP contribution is -2.21. The maximum absolute atomic E-state index is 13.1. The maximum atomic E-state index is 13.1. The second-order valence-electron chi connectivity index (χ2n) is 4.78. The van der Waals surface area contributed by atoms with Crippen molar-refractivity contribution in [3.63, 3.8) is 0 Å². The molecule has 0 saturated carbocycles. The summed E-state index contributed by atoms with van der Waals surface area (Å²) in [6, 6.07) is 7.79. The van der Waals surface area contributed by atoms with Crippen molar-refractivity contribution in [1.29, 1.82) is 0 Å². The molecule has 0 aromatic heterocycles. The van der Waals surface area contributed by atoms with Crippen molar-refractivity contribution < 1.29 is 13.6 Å². The summed E-state index contributed by atoms with van der Waals surface area (Å²) in [5.41, 5.74) is 7.32. The molecule has 0 radical (unpaired) electrons. The Balaban J connectivity index is 2.27. The van der Waals surface area contributed by atoms with E-state index in [9.17, 15) is 13.6 Å². The van der Waals surface area contributed by atoms with Gasteiger partial charge in [-0.25, -0.2) is 8.78 Å². The molecule has 0 saturated heterocycles. The van der Waals surface area contributed by atoms with Crippen LogP contribution in [-0.4, -0.2) is 24.9 Å². The molecule has 0 unspecified atom stereocenters. The molecular weight excluding hydrogens is 276 g/mol. The zero-order valence-electron chi connectivity index (χ0n) is 11.7. The molecule has 2 aromatic rings. The van der Waals surface area contributed by atoms with Gasteiger partial charge in [-0.3, -0.25) is 4.79 Å². The van der Waals surface area contributed by atoms with E-state index in [0.29, 0.717) is 16.9 Å². The summed E-state index contributed by atoms with van der Waals surface area (Å²) in [5.74, 6) is -1.55. The number of amides is 1. The standard InChI is InChI=1S/C15H15F2N3O/c1-20(2)15(21)9-3-4-14(13(18)5-9)19-12-7-10(16)6-11(17)8-12/h3-8,19H,18H2,1-2H3. The molecule has 0 aliphatic heterocycles. The van der Waals surface area contributed by atoms with Crippen LogP contribution >= 0.6 is 0 Å². The van der Waals surface area contributed by atoms with Crippen LogP contribution in [0.3, 0.4) is 0 Å². The molecule has 0 spiro atoms. The molecule has 110 valence electrons. The molecule has 0 bridgehead atoms. The highest BCUT2D eigenvalue weighted by Crippen LogP contribution is 2.25. The zero-order valence-corrected chi connectivity index (χ0v) is 11.7. The Labute approximate surface area is 121 Å². The maximum Gasteiger partial charge on any atom is 0.253 e. The van der Waals surface area contributed by atoms with Gasteiger partial charge in [-0.2, -0.15) is 0 Å². The van der Waals surface area contributed by atoms with Gasteiger partial charge in [0, 0.05) is 31.4 Å². The van der Waals surface area contributed by atoms with E-state index in [1.54, 1.807) is 26.2 Å². The van der Waals surface area contributed by atoms with E-state index in [2.05, 4.69) is 5.32 Å². The van der Waals surface area contributed by atoms with Gasteiger partial charge in [0.1, 0.15) is 11.6 Å². The SMILES string of the molecule is CN(C)C(=O)c1ccc(Nc2cc(F)cc(F)c2)c(N)c1. The fourth-order valence-electron chi connectivity index (χ4n) is 1.85. The van der Waals surface area contributed by atoms with Gasteiger partial charge in [0.05, 0.1) is 11.4 Å². The predicted molar refractivity (Wildman–Crippen MR) is 78.5 cm³/mol. The first-order chi connectivity index (χ1) is 9.86. The van der Waals surface area contributed by atoms with Crippen LogP contribution in [-0.2, 0) is 0 Å². The van der Waals surface area contributed by atoms with Gasteiger partial charge in [0.15, 0.2) is 0 Å². The first-order valence-corrected chi connectivity index (χ1v) is 6.21. The molecule has 1 amide bonds. The first-order valence-electron chi connectivity index (χ1n) is 6.21. The Morgan fingerprint density at radius 2 is 1.71 bits per heavy atom. The summed E-state index contributed by atoms with van der Waals surface area (Å²) in [6.07, 6.45) is 0. The Morgan fingerprint density at radius 1 is 1.10 bits per heavy atom. The number of carbonyl (C=O) groups excluding carboxylic acids is 1. The fourth-order valence-corrected chi connectivity index (χ4v) is 1.85. The predicted octanol–water partition coefficient (Wildman–Crippen LogP) is 2.99. The van der Waals surface area contributed by atoms with Gasteiger partial charge in [-0.15, -0.1) is 0 Å². The average molecular weight is 291 g/mol. The number of halogens is 2. The van der Waals surface area contributed by atoms with Crippen LogP contribution in [0.4, 0.5) is 25.8 Å². The van der Waals surface area contributed by atoms with Gasteiger partial charge >= 0.3 is 0 Å². The van der Waals surface area contributed by atoms with Gasteiger partial charge in [-0.1, -0.05) is 0 Å². The number of rotatable bonds is 3. The number of hydrogen-bond donors (Lipinski definition) is 2. The Bertz CT molecular complexity index is 666. The van der Waals surface area contributed by atoms with Crippen LogP contribution in [0.1, 0.15) is 10.4 Å². The number of hydrogen-bond acceptors (Lipinski definition) is 3. The van der Waals surface area contributed by atoms with E-state index >= 15 is 0 Å². The highest BCUT2D eigenvalue weighted by atomic mass is 19.1. The topological polar surface area (TPSA) is 58.4 Å². The Hall–Kier alpha value is -2.63. The number of benzene rings is 2. The summed E-state index contributed by atoms with van der Waals surface area (Å²) in [6.45, 7) is 0. The molecule has 4 nitrogen and oxygen atoms in total. The minimum Gasteiger partial charge on any atom is -0.397 e. The highest BCUT2D eigenvalue weighted by molar-refractivity contribution is 5.96. The second-order valence-corrected chi connectivity index (χ2v) is 4.78. The molecule has 21 heavy (non-hydrogen) atoms. The largest absolute Gasteiger partial charge is 0.397 e. The highest BCUT2D eigenvalue weighted by Gasteiger charge is 2.10. The number of nitrogen functional groups attached to an aromatic ring is 1. The van der Waals surface area contributed by atoms with E-state index in [-0.39, 0.29) is 11.6 Å². The number of anilines is 3. The minimum absolute atomic E-state index is 0.176. The molecule has 2 rings (SSSR count). The van der Waals surface area contributed by atoms with Gasteiger partial charge in [-0.05, 0) is 30.3 Å². The van der Waals surface area contributed by atoms with Gasteiger partial charge in [0.25, 0.3) is 5.91 Å². The van der Waals surface area contributed by atoms with Crippen molar-refractivity contribution in [2.75, 3.05) is 25.1 Å². The lowest BCUT2D eigenvalue weighted by atomic mass is 10.1. The molecule has 3 N–H and O–H groups in total. The quantitative estimate of drug-likeness (QED) is 0.855. The average Bonchev–Trinajstić information content (AvgIpc) is 2.39. The third-order valence-electron chi connectivity index (χ3n) is 2.85. The van der Waals surface area contributed by atoms with E-state index in [1.165, 1.54) is 11.0 Å². The van der Waals surface area contributed by atoms with Crippen molar-refractivity contribution in [1.82, 2.24) is 4.90 Å². The molecule has 2 aromatic carbocycles. The molecule has 0 aliphatic rings. The van der Waals surface area contributed by atoms with Crippen LogP contribution < -0.4 is 11.1 Å². The summed E-state index contributed by atoms with van der Waals surface area (Å²) < 4.78 is 26.3. The fraction of sp³-hybridized carbons (Fsp3) is 0.133. The van der Waals surface area contributed by atoms with Crippen LogP contribution in [0.15, 0.2) is 36.4 Å². The van der Waals surface area contributed by atoms with Crippen molar-refractivity contribution in [2.45, 2.75) is 0 Å². The first kappa shape index (κ1) is 14.8. The second kappa shape index (κ2) is 5.78. The third kappa shape index (κ3) is 3.47. The van der Waals surface area contributed by atoms with Crippen LogP contribution in [0.25, 0.3) is 0 Å². The van der Waals surface area contributed by atoms with E-state index in [4.69, 9.17) is 5.73 Å². The Morgan fingerprint density at radius 3 is 2.24 bits per heavy atom. The smallest absolute Gasteiger partial charge is 0.253 e. The van der Waals surface area contributed by atoms with Crippen molar-refractivity contribution in [3.05, 3.63) is 53.6 Å². The van der Waals surface area contributed by atoms with Crippen molar-refractivity contribution in [2.24, 2.45) is 0 Å². The molecule has 0 atom stereocenters. The lowest BCUT2D eigenvalue weighted by molar-refractivity contribution is 0.0827. The number of nitrogens with two attached hydrogens (primary N) is 1. The summed E-state index contributed by atoms with van der Waals surface area (Å²) >= 11 is 0. The monoisotopic (exact) mass is 291 g/mol. The molecule has 0 heterocycles. The number of nitrogens with one attached hydrogen (secondary N) is 1. The summed E-state index contributed by atoms with van der Waals surface area (Å²) in [5, 5.41) is 2.82. The summed E-state index contributed by atoms with van der Waals surface area (Å²) in [4.78, 5) is 13.2. The van der Waals surface area contributed by atoms with Crippen molar-refractivity contribution in [3.8, 4) is 0 Å². The minimum atomic E-state index is -0.685. The molecule has 0 aliphatic carbocycles. The Kier molecular flexibility index (Phi) is 4.07. The van der Waals surface area contributed by atoms with Crippen LogP contribution in [0.5, 0.6) is 0 Å². The van der Waals surface area contributed by atoms with Gasteiger partial charge < -0.3 is 16.0 Å². The van der Waals surface area contributed by atoms with Crippen LogP contribution in [0, 0.1) is 11.6 Å². The lowest BCUT2D eigenvalue weighted by Gasteiger charge is -2.13. The normalized spacial score (nSPS) is 10.3. The number of nitrogens with zero attached hydrogens (tertiary/aromatic N) is 1. The number of carbonyl (C=O) groups is 1. The molecular formula is C15H15F2N3O. The molecule has 0 fully saturated rings. The summed E-state index contributed by atoms with van der Waals surface area (Å²) in [7, 11) is 3.28. The van der Waals surface area contributed by atoms with E-state index in [0.717, 1.165) is 18.2 Å². The van der Waals surface area contributed by atoms with Gasteiger partial charge in [0.2, 0.25) is 0 Å². The third-order valence-corrected chi connectivity index (χ3v) is 2.85. The zero-order chi connectivity index (χ0) is 15.6. The van der Waals surface area contributed by atoms with Crippen molar-refractivity contribution >= 4 is 23.0 Å². The van der Waals surface area contributed by atoms with E-state index < -0.39 is 11.6 Å². The van der Waals surface area contributed by atoms with E-state index in [1.807, 2.05) is 0 Å². The van der Waals surface area contributed by atoms with Crippen LogP contribution in [0.2, 0.25) is 0 Å². The molecule has 6 heteroatoms.